The van der Waals surface area contributed by atoms with Crippen LogP contribution in [-0.2, 0) is 14.3 Å². The summed E-state index contributed by atoms with van der Waals surface area (Å²) in [5.74, 6) is -1.68. The van der Waals surface area contributed by atoms with E-state index in [0.717, 1.165) is 0 Å². The van der Waals surface area contributed by atoms with Crippen LogP contribution in [0.2, 0.25) is 0 Å². The SMILES string of the molecule is COC(=O)C(OC)c1ccc(N2SCCC2(O)O)cc1. The second-order valence-electron chi connectivity index (χ2n) is 4.38. The van der Waals surface area contributed by atoms with Gasteiger partial charge in [-0.05, 0) is 29.6 Å². The molecule has 1 aliphatic rings. The standard InChI is InChI=1S/C13H17NO5S/c1-18-11(12(15)19-2)9-3-5-10(6-4-9)14-13(16,17)7-8-20-14/h3-6,11,16-17H,7-8H2,1-2H3. The molecule has 1 fully saturated rings. The van der Waals surface area contributed by atoms with Crippen molar-refractivity contribution in [3.8, 4) is 0 Å². The predicted molar refractivity (Wildman–Crippen MR) is 74.9 cm³/mol. The third kappa shape index (κ3) is 2.90. The van der Waals surface area contributed by atoms with E-state index >= 15 is 0 Å². The maximum absolute atomic E-state index is 11.5. The lowest BCUT2D eigenvalue weighted by atomic mass is 10.1. The molecule has 0 radical (unpaired) electrons. The molecule has 1 unspecified atom stereocenters. The van der Waals surface area contributed by atoms with Crippen LogP contribution in [0.4, 0.5) is 5.69 Å². The van der Waals surface area contributed by atoms with E-state index < -0.39 is 18.0 Å². The third-order valence-electron chi connectivity index (χ3n) is 3.06. The van der Waals surface area contributed by atoms with Gasteiger partial charge in [-0.3, -0.25) is 4.31 Å². The van der Waals surface area contributed by atoms with Crippen LogP contribution in [0.5, 0.6) is 0 Å². The number of anilines is 1. The van der Waals surface area contributed by atoms with Gasteiger partial charge in [-0.25, -0.2) is 4.79 Å². The Morgan fingerprint density at radius 1 is 1.35 bits per heavy atom. The van der Waals surface area contributed by atoms with Gasteiger partial charge in [0.1, 0.15) is 0 Å². The number of benzene rings is 1. The van der Waals surface area contributed by atoms with E-state index in [-0.39, 0.29) is 6.42 Å². The number of hydrogen-bond donors (Lipinski definition) is 2. The van der Waals surface area contributed by atoms with E-state index in [2.05, 4.69) is 4.74 Å². The van der Waals surface area contributed by atoms with Gasteiger partial charge in [0, 0.05) is 19.3 Å². The quantitative estimate of drug-likeness (QED) is 0.488. The number of carbonyl (C=O) groups is 1. The summed E-state index contributed by atoms with van der Waals surface area (Å²) in [6.07, 6.45) is -0.504. The first-order valence-electron chi connectivity index (χ1n) is 6.08. The van der Waals surface area contributed by atoms with Crippen molar-refractivity contribution in [2.75, 3.05) is 24.3 Å². The van der Waals surface area contributed by atoms with Gasteiger partial charge in [-0.15, -0.1) is 0 Å². The Kier molecular flexibility index (Phi) is 4.54. The zero-order valence-corrected chi connectivity index (χ0v) is 12.1. The highest BCUT2D eigenvalue weighted by molar-refractivity contribution is 8.00. The first-order chi connectivity index (χ1) is 9.49. The summed E-state index contributed by atoms with van der Waals surface area (Å²) in [6, 6.07) is 6.83. The molecular weight excluding hydrogens is 282 g/mol. The molecule has 0 aliphatic carbocycles. The molecule has 0 amide bonds. The predicted octanol–water partition coefficient (Wildman–Crippen LogP) is 1.04. The summed E-state index contributed by atoms with van der Waals surface area (Å²) >= 11 is 1.34. The van der Waals surface area contributed by atoms with E-state index in [4.69, 9.17) is 4.74 Å². The van der Waals surface area contributed by atoms with E-state index in [1.807, 2.05) is 0 Å². The summed E-state index contributed by atoms with van der Waals surface area (Å²) in [7, 11) is 2.73. The van der Waals surface area contributed by atoms with Gasteiger partial charge in [0.05, 0.1) is 12.8 Å². The summed E-state index contributed by atoms with van der Waals surface area (Å²) in [5.41, 5.74) is 1.30. The third-order valence-corrected chi connectivity index (χ3v) is 4.21. The van der Waals surface area contributed by atoms with Crippen molar-refractivity contribution >= 4 is 23.6 Å². The number of rotatable bonds is 4. The minimum absolute atomic E-state index is 0.280. The van der Waals surface area contributed by atoms with E-state index in [9.17, 15) is 15.0 Å². The molecular formula is C13H17NO5S. The minimum atomic E-state index is -1.84. The fraction of sp³-hybridized carbons (Fsp3) is 0.462. The van der Waals surface area contributed by atoms with Crippen molar-refractivity contribution in [1.29, 1.82) is 0 Å². The molecule has 1 aromatic carbocycles. The zero-order chi connectivity index (χ0) is 14.8. The lowest BCUT2D eigenvalue weighted by Crippen LogP contribution is -2.40. The van der Waals surface area contributed by atoms with Crippen molar-refractivity contribution < 1.29 is 24.5 Å². The second kappa shape index (κ2) is 6.01. The Labute approximate surface area is 121 Å². The second-order valence-corrected chi connectivity index (χ2v) is 5.41. The van der Waals surface area contributed by atoms with Crippen LogP contribution in [0.25, 0.3) is 0 Å². The number of hydrogen-bond acceptors (Lipinski definition) is 7. The van der Waals surface area contributed by atoms with Crippen molar-refractivity contribution in [3.05, 3.63) is 29.8 Å². The Balaban J connectivity index is 2.20. The van der Waals surface area contributed by atoms with Gasteiger partial charge in [0.2, 0.25) is 0 Å². The molecule has 110 valence electrons. The molecule has 1 aliphatic heterocycles. The number of carbonyl (C=O) groups excluding carboxylic acids is 1. The highest BCUT2D eigenvalue weighted by Crippen LogP contribution is 2.37. The van der Waals surface area contributed by atoms with Gasteiger partial charge in [0.25, 0.3) is 5.91 Å². The van der Waals surface area contributed by atoms with Crippen LogP contribution >= 0.6 is 11.9 Å². The smallest absolute Gasteiger partial charge is 0.339 e. The molecule has 7 heteroatoms. The highest BCUT2D eigenvalue weighted by Gasteiger charge is 2.38. The van der Waals surface area contributed by atoms with Crippen molar-refractivity contribution in [1.82, 2.24) is 0 Å². The lowest BCUT2D eigenvalue weighted by molar-refractivity contribution is -0.152. The van der Waals surface area contributed by atoms with Crippen molar-refractivity contribution in [3.63, 3.8) is 0 Å². The Morgan fingerprint density at radius 3 is 2.45 bits per heavy atom. The summed E-state index contributed by atoms with van der Waals surface area (Å²) in [6.45, 7) is 0. The van der Waals surface area contributed by atoms with E-state index in [0.29, 0.717) is 17.0 Å². The van der Waals surface area contributed by atoms with E-state index in [1.165, 1.54) is 30.5 Å². The monoisotopic (exact) mass is 299 g/mol. The average Bonchev–Trinajstić information content (AvgIpc) is 2.79. The maximum Gasteiger partial charge on any atom is 0.339 e. The molecule has 0 saturated carbocycles. The van der Waals surface area contributed by atoms with Gasteiger partial charge in [-0.1, -0.05) is 12.1 Å². The molecule has 20 heavy (non-hydrogen) atoms. The highest BCUT2D eigenvalue weighted by atomic mass is 32.2. The fourth-order valence-electron chi connectivity index (χ4n) is 2.02. The first kappa shape index (κ1) is 15.1. The zero-order valence-electron chi connectivity index (χ0n) is 11.3. The molecule has 0 aromatic heterocycles. The largest absolute Gasteiger partial charge is 0.467 e. The molecule has 1 saturated heterocycles. The minimum Gasteiger partial charge on any atom is -0.467 e. The fourth-order valence-corrected chi connectivity index (χ4v) is 3.14. The normalized spacial score (nSPS) is 18.9. The average molecular weight is 299 g/mol. The van der Waals surface area contributed by atoms with Gasteiger partial charge < -0.3 is 19.7 Å². The topological polar surface area (TPSA) is 79.2 Å². The number of nitrogens with zero attached hydrogens (tertiary/aromatic N) is 1. The molecule has 1 aromatic rings. The van der Waals surface area contributed by atoms with Crippen molar-refractivity contribution in [2.24, 2.45) is 0 Å². The molecule has 2 N–H and O–H groups in total. The maximum atomic E-state index is 11.5. The van der Waals surface area contributed by atoms with Crippen LogP contribution in [0.3, 0.4) is 0 Å². The van der Waals surface area contributed by atoms with Gasteiger partial charge in [-0.2, -0.15) is 0 Å². The Bertz CT molecular complexity index is 476. The molecule has 0 bridgehead atoms. The van der Waals surface area contributed by atoms with Crippen LogP contribution < -0.4 is 4.31 Å². The number of methoxy groups -OCH3 is 2. The summed E-state index contributed by atoms with van der Waals surface area (Å²) < 4.78 is 11.2. The van der Waals surface area contributed by atoms with Gasteiger partial charge >= 0.3 is 5.97 Å². The van der Waals surface area contributed by atoms with Gasteiger partial charge in [0.15, 0.2) is 6.10 Å². The summed E-state index contributed by atoms with van der Waals surface area (Å²) in [5, 5.41) is 19.6. The van der Waals surface area contributed by atoms with Crippen LogP contribution in [0, 0.1) is 0 Å². The molecule has 0 spiro atoms. The molecule has 2 rings (SSSR count). The first-order valence-corrected chi connectivity index (χ1v) is 7.02. The van der Waals surface area contributed by atoms with Crippen LogP contribution in [-0.4, -0.2) is 42.1 Å². The lowest BCUT2D eigenvalue weighted by Gasteiger charge is -2.28. The van der Waals surface area contributed by atoms with E-state index in [1.54, 1.807) is 24.3 Å². The Morgan fingerprint density at radius 2 is 2.00 bits per heavy atom. The van der Waals surface area contributed by atoms with Crippen molar-refractivity contribution in [2.45, 2.75) is 18.4 Å². The van der Waals surface area contributed by atoms with Crippen LogP contribution in [0.15, 0.2) is 24.3 Å². The molecule has 1 atom stereocenters. The molecule has 6 nitrogen and oxygen atoms in total. The number of ether oxygens (including phenoxy) is 2. The molecule has 1 heterocycles. The summed E-state index contributed by atoms with van der Waals surface area (Å²) in [4.78, 5) is 11.5. The number of aliphatic hydroxyl groups is 2. The van der Waals surface area contributed by atoms with Crippen LogP contribution in [0.1, 0.15) is 18.1 Å². The number of esters is 1. The Hall–Kier alpha value is -1.28.